The Labute approximate surface area is 99.0 Å². The Morgan fingerprint density at radius 2 is 2.18 bits per heavy atom. The highest BCUT2D eigenvalue weighted by Crippen LogP contribution is 2.32. The zero-order chi connectivity index (χ0) is 12.3. The molecule has 2 rings (SSSR count). The van der Waals surface area contributed by atoms with Crippen molar-refractivity contribution in [1.82, 2.24) is 0 Å². The van der Waals surface area contributed by atoms with Gasteiger partial charge in [0.25, 0.3) is 0 Å². The van der Waals surface area contributed by atoms with Crippen molar-refractivity contribution < 1.29 is 9.53 Å². The quantitative estimate of drug-likeness (QED) is 0.339. The highest BCUT2D eigenvalue weighted by Gasteiger charge is 2.41. The molecule has 0 fully saturated rings. The van der Waals surface area contributed by atoms with Gasteiger partial charge in [0.1, 0.15) is 0 Å². The van der Waals surface area contributed by atoms with E-state index in [1.165, 1.54) is 12.7 Å². The third kappa shape index (κ3) is 1.97. The van der Waals surface area contributed by atoms with Crippen LogP contribution in [-0.4, -0.2) is 18.6 Å². The molecule has 1 aromatic carbocycles. The summed E-state index contributed by atoms with van der Waals surface area (Å²) in [7, 11) is 1.32. The molecule has 0 radical (unpaired) electrons. The molecule has 0 amide bonds. The van der Waals surface area contributed by atoms with E-state index in [1.807, 2.05) is 24.3 Å². The third-order valence-corrected chi connectivity index (χ3v) is 3.21. The van der Waals surface area contributed by atoms with E-state index in [-0.39, 0.29) is 0 Å². The van der Waals surface area contributed by atoms with Crippen LogP contribution in [0.25, 0.3) is 10.4 Å². The Kier molecular flexibility index (Phi) is 3.02. The van der Waals surface area contributed by atoms with Crippen molar-refractivity contribution in [2.45, 2.75) is 24.8 Å². The van der Waals surface area contributed by atoms with Crippen molar-refractivity contribution in [2.24, 2.45) is 5.11 Å². The Bertz CT molecular complexity index is 494. The van der Waals surface area contributed by atoms with E-state index in [0.29, 0.717) is 12.8 Å². The number of hydrogen-bond donors (Lipinski definition) is 0. The zero-order valence-electron chi connectivity index (χ0n) is 9.59. The summed E-state index contributed by atoms with van der Waals surface area (Å²) in [5, 5.41) is 3.69. The van der Waals surface area contributed by atoms with Crippen molar-refractivity contribution in [3.05, 3.63) is 45.8 Å². The zero-order valence-corrected chi connectivity index (χ0v) is 9.59. The molecule has 0 saturated carbocycles. The molecule has 0 N–H and O–H groups in total. The second-order valence-corrected chi connectivity index (χ2v) is 4.16. The lowest BCUT2D eigenvalue weighted by atomic mass is 9.78. The van der Waals surface area contributed by atoms with E-state index in [0.717, 1.165) is 12.0 Å². The summed E-state index contributed by atoms with van der Waals surface area (Å²) in [6.45, 7) is 0. The second kappa shape index (κ2) is 4.47. The molecule has 17 heavy (non-hydrogen) atoms. The summed E-state index contributed by atoms with van der Waals surface area (Å²) in [5.74, 6) is -0.454. The van der Waals surface area contributed by atoms with Gasteiger partial charge in [0.2, 0.25) is 0 Å². The fraction of sp³-hybridized carbons (Fsp3) is 0.417. The molecule has 5 nitrogen and oxygen atoms in total. The molecule has 1 aromatic rings. The van der Waals surface area contributed by atoms with Crippen LogP contribution in [0.1, 0.15) is 17.5 Å². The first-order chi connectivity index (χ1) is 8.22. The lowest BCUT2D eigenvalue weighted by Gasteiger charge is -2.31. The average molecular weight is 231 g/mol. The van der Waals surface area contributed by atoms with Crippen LogP contribution in [0, 0.1) is 0 Å². The molecule has 0 saturated heterocycles. The molecule has 1 atom stereocenters. The van der Waals surface area contributed by atoms with Crippen molar-refractivity contribution in [3.8, 4) is 0 Å². The molecule has 5 heteroatoms. The van der Waals surface area contributed by atoms with Crippen molar-refractivity contribution >= 4 is 5.97 Å². The first-order valence-electron chi connectivity index (χ1n) is 5.43. The monoisotopic (exact) mass is 231 g/mol. The highest BCUT2D eigenvalue weighted by atomic mass is 16.5. The van der Waals surface area contributed by atoms with Gasteiger partial charge < -0.3 is 4.74 Å². The third-order valence-electron chi connectivity index (χ3n) is 3.21. The Morgan fingerprint density at radius 1 is 1.47 bits per heavy atom. The van der Waals surface area contributed by atoms with Gasteiger partial charge >= 0.3 is 5.97 Å². The van der Waals surface area contributed by atoms with Crippen molar-refractivity contribution in [3.63, 3.8) is 0 Å². The van der Waals surface area contributed by atoms with Crippen LogP contribution in [0.3, 0.4) is 0 Å². The van der Waals surface area contributed by atoms with Crippen molar-refractivity contribution in [2.75, 3.05) is 7.11 Å². The number of esters is 1. The summed E-state index contributed by atoms with van der Waals surface area (Å²) in [6, 6.07) is 7.88. The van der Waals surface area contributed by atoms with Gasteiger partial charge in [-0.05, 0) is 35.9 Å². The molecular formula is C12H13N3O2. The molecule has 1 aliphatic carbocycles. The maximum atomic E-state index is 11.8. The fourth-order valence-electron chi connectivity index (χ4n) is 2.29. The van der Waals surface area contributed by atoms with E-state index in [4.69, 9.17) is 10.3 Å². The average Bonchev–Trinajstić information content (AvgIpc) is 2.38. The van der Waals surface area contributed by atoms with Gasteiger partial charge in [-0.3, -0.25) is 4.79 Å². The number of ether oxygens (including phenoxy) is 1. The van der Waals surface area contributed by atoms with Gasteiger partial charge in [0, 0.05) is 4.91 Å². The minimum Gasteiger partial charge on any atom is -0.468 e. The SMILES string of the molecule is COC(=O)[C@@]1(N=[N+]=[N-])CCc2ccccc2C1. The molecule has 88 valence electrons. The molecule has 0 unspecified atom stereocenters. The van der Waals surface area contributed by atoms with Crippen LogP contribution in [0.5, 0.6) is 0 Å². The van der Waals surface area contributed by atoms with Crippen LogP contribution in [0.4, 0.5) is 0 Å². The van der Waals surface area contributed by atoms with Gasteiger partial charge in [-0.2, -0.15) is 0 Å². The van der Waals surface area contributed by atoms with E-state index >= 15 is 0 Å². The standard InChI is InChI=1S/C12H13N3O2/c1-17-11(16)12(14-15-13)7-6-9-4-2-3-5-10(9)8-12/h2-5H,6-8H2,1H3/t12-/m1/s1. The number of azide groups is 1. The van der Waals surface area contributed by atoms with E-state index in [1.54, 1.807) is 0 Å². The summed E-state index contributed by atoms with van der Waals surface area (Å²) < 4.78 is 4.76. The Morgan fingerprint density at radius 3 is 2.82 bits per heavy atom. The van der Waals surface area contributed by atoms with Crippen LogP contribution in [0.2, 0.25) is 0 Å². The molecular weight excluding hydrogens is 218 g/mol. The van der Waals surface area contributed by atoms with Gasteiger partial charge in [-0.25, -0.2) is 0 Å². The van der Waals surface area contributed by atoms with E-state index in [2.05, 4.69) is 10.0 Å². The van der Waals surface area contributed by atoms with Gasteiger partial charge in [-0.1, -0.05) is 29.4 Å². The topological polar surface area (TPSA) is 75.1 Å². The second-order valence-electron chi connectivity index (χ2n) is 4.16. The molecule has 1 aliphatic rings. The number of carbonyl (C=O) groups excluding carboxylic acids is 1. The first-order valence-corrected chi connectivity index (χ1v) is 5.43. The molecule has 0 aromatic heterocycles. The van der Waals surface area contributed by atoms with Crippen molar-refractivity contribution in [1.29, 1.82) is 0 Å². The minimum atomic E-state index is -1.07. The summed E-state index contributed by atoms with van der Waals surface area (Å²) in [6.07, 6.45) is 1.64. The van der Waals surface area contributed by atoms with Crippen LogP contribution >= 0.6 is 0 Å². The lowest BCUT2D eigenvalue weighted by Crippen LogP contribution is -2.42. The number of rotatable bonds is 2. The Hall–Kier alpha value is -2.00. The number of fused-ring (bicyclic) bond motifs is 1. The van der Waals surface area contributed by atoms with Gasteiger partial charge in [0.05, 0.1) is 7.11 Å². The predicted octanol–water partition coefficient (Wildman–Crippen LogP) is 2.40. The van der Waals surface area contributed by atoms with Gasteiger partial charge in [0.15, 0.2) is 5.54 Å². The smallest absolute Gasteiger partial charge is 0.318 e. The van der Waals surface area contributed by atoms with Crippen LogP contribution in [-0.2, 0) is 22.4 Å². The number of carbonyl (C=O) groups is 1. The predicted molar refractivity (Wildman–Crippen MR) is 62.4 cm³/mol. The molecule has 0 aliphatic heterocycles. The summed E-state index contributed by atoms with van der Waals surface area (Å²) >= 11 is 0. The maximum Gasteiger partial charge on any atom is 0.318 e. The minimum absolute atomic E-state index is 0.417. The number of aryl methyl sites for hydroxylation is 1. The fourth-order valence-corrected chi connectivity index (χ4v) is 2.29. The maximum absolute atomic E-state index is 11.8. The van der Waals surface area contributed by atoms with Gasteiger partial charge in [-0.15, -0.1) is 0 Å². The molecule has 0 spiro atoms. The van der Waals surface area contributed by atoms with Crippen LogP contribution < -0.4 is 0 Å². The molecule has 0 heterocycles. The molecule has 0 bridgehead atoms. The largest absolute Gasteiger partial charge is 0.468 e. The van der Waals surface area contributed by atoms with E-state index < -0.39 is 11.5 Å². The number of nitrogens with zero attached hydrogens (tertiary/aromatic N) is 3. The summed E-state index contributed by atoms with van der Waals surface area (Å²) in [4.78, 5) is 14.6. The Balaban J connectivity index is 2.40. The summed E-state index contributed by atoms with van der Waals surface area (Å²) in [5.41, 5.74) is 9.82. The number of benzene rings is 1. The van der Waals surface area contributed by atoms with Crippen LogP contribution in [0.15, 0.2) is 29.4 Å². The lowest BCUT2D eigenvalue weighted by molar-refractivity contribution is -0.147. The number of hydrogen-bond acceptors (Lipinski definition) is 3. The normalized spacial score (nSPS) is 22.2. The number of methoxy groups -OCH3 is 1. The van der Waals surface area contributed by atoms with E-state index in [9.17, 15) is 4.79 Å². The highest BCUT2D eigenvalue weighted by molar-refractivity contribution is 5.82. The first kappa shape index (κ1) is 11.5.